The average Bonchev–Trinajstić information content (AvgIpc) is 3.25. The third kappa shape index (κ3) is 4.16. The lowest BCUT2D eigenvalue weighted by Crippen LogP contribution is -2.47. The number of rotatable bonds is 7. The molecule has 0 N–H and O–H groups in total. The van der Waals surface area contributed by atoms with Gasteiger partial charge in [-0.05, 0) is 56.0 Å². The molecule has 2 amide bonds. The highest BCUT2D eigenvalue weighted by Crippen LogP contribution is 2.34. The lowest BCUT2D eigenvalue weighted by Gasteiger charge is -2.32. The van der Waals surface area contributed by atoms with Crippen LogP contribution in [0.25, 0.3) is 6.08 Å². The Morgan fingerprint density at radius 3 is 2.57 bits per heavy atom. The summed E-state index contributed by atoms with van der Waals surface area (Å²) in [5.41, 5.74) is 1.53. The Bertz CT molecular complexity index is 962. The predicted octanol–water partition coefficient (Wildman–Crippen LogP) is 4.18. The van der Waals surface area contributed by atoms with E-state index < -0.39 is 5.91 Å². The summed E-state index contributed by atoms with van der Waals surface area (Å²) in [6.45, 7) is 7.99. The van der Waals surface area contributed by atoms with Crippen molar-refractivity contribution < 1.29 is 19.1 Å². The number of hydrogen-bond donors (Lipinski definition) is 0. The van der Waals surface area contributed by atoms with Crippen LogP contribution in [0.1, 0.15) is 45.1 Å². The Morgan fingerprint density at radius 2 is 1.93 bits per heavy atom. The molecule has 3 rings (SSSR count). The third-order valence-corrected chi connectivity index (χ3v) is 5.40. The van der Waals surface area contributed by atoms with Gasteiger partial charge < -0.3 is 9.47 Å². The molecular weight excluding hydrogens is 380 g/mol. The van der Waals surface area contributed by atoms with Gasteiger partial charge in [-0.2, -0.15) is 5.26 Å². The van der Waals surface area contributed by atoms with Gasteiger partial charge in [0.2, 0.25) is 0 Å². The van der Waals surface area contributed by atoms with Crippen LogP contribution in [0.15, 0.2) is 47.6 Å². The molecule has 6 heteroatoms. The normalized spacial score (nSPS) is 18.7. The molecule has 0 aromatic heterocycles. The number of hydrogen-bond acceptors (Lipinski definition) is 5. The fourth-order valence-electron chi connectivity index (χ4n) is 3.91. The molecule has 0 atom stereocenters. The smallest absolute Gasteiger partial charge is 0.271 e. The van der Waals surface area contributed by atoms with Crippen molar-refractivity contribution in [1.82, 2.24) is 4.90 Å². The van der Waals surface area contributed by atoms with Crippen molar-refractivity contribution >= 4 is 17.9 Å². The minimum Gasteiger partial charge on any atom is -0.490 e. The molecule has 1 fully saturated rings. The molecule has 1 aliphatic heterocycles. The standard InChI is InChI=1S/C24H26N2O4/c1-4-12-30-21-11-10-17(14-22(21)29-5-2)13-19-16(3)20(15-25)24(28)26(23(19)27)18-8-6-7-9-18/h4,10-11,13-14,18H,1,5-9,12H2,2-3H3/b19-13+. The highest BCUT2D eigenvalue weighted by molar-refractivity contribution is 6.19. The third-order valence-electron chi connectivity index (χ3n) is 5.40. The van der Waals surface area contributed by atoms with Crippen LogP contribution in [0.4, 0.5) is 0 Å². The first-order valence-corrected chi connectivity index (χ1v) is 10.2. The molecule has 30 heavy (non-hydrogen) atoms. The van der Waals surface area contributed by atoms with Crippen LogP contribution in [-0.2, 0) is 9.59 Å². The van der Waals surface area contributed by atoms with Gasteiger partial charge in [-0.25, -0.2) is 0 Å². The summed E-state index contributed by atoms with van der Waals surface area (Å²) >= 11 is 0. The number of imide groups is 1. The van der Waals surface area contributed by atoms with E-state index in [-0.39, 0.29) is 17.5 Å². The first-order chi connectivity index (χ1) is 14.5. The summed E-state index contributed by atoms with van der Waals surface area (Å²) in [5.74, 6) is 0.324. The summed E-state index contributed by atoms with van der Waals surface area (Å²) in [4.78, 5) is 27.3. The molecule has 156 valence electrons. The Balaban J connectivity index is 2.03. The molecule has 6 nitrogen and oxygen atoms in total. The Morgan fingerprint density at radius 1 is 1.20 bits per heavy atom. The van der Waals surface area contributed by atoms with E-state index in [2.05, 4.69) is 6.58 Å². The van der Waals surface area contributed by atoms with Crippen LogP contribution in [0, 0.1) is 11.3 Å². The van der Waals surface area contributed by atoms with Gasteiger partial charge in [-0.3, -0.25) is 14.5 Å². The maximum Gasteiger partial charge on any atom is 0.271 e. The monoisotopic (exact) mass is 406 g/mol. The minimum absolute atomic E-state index is 0.0312. The number of nitrogens with zero attached hydrogens (tertiary/aromatic N) is 2. The highest BCUT2D eigenvalue weighted by Gasteiger charge is 2.40. The van der Waals surface area contributed by atoms with Crippen LogP contribution in [0.5, 0.6) is 11.5 Å². The predicted molar refractivity (Wildman–Crippen MR) is 114 cm³/mol. The summed E-state index contributed by atoms with van der Waals surface area (Å²) in [6, 6.07) is 7.24. The van der Waals surface area contributed by atoms with Gasteiger partial charge >= 0.3 is 0 Å². The average molecular weight is 406 g/mol. The van der Waals surface area contributed by atoms with Gasteiger partial charge in [0.05, 0.1) is 6.61 Å². The van der Waals surface area contributed by atoms with E-state index in [9.17, 15) is 14.9 Å². The van der Waals surface area contributed by atoms with Gasteiger partial charge in [0.15, 0.2) is 11.5 Å². The fraction of sp³-hybridized carbons (Fsp3) is 0.375. The second-order valence-electron chi connectivity index (χ2n) is 7.33. The molecule has 2 aliphatic rings. The van der Waals surface area contributed by atoms with Gasteiger partial charge in [-0.1, -0.05) is 31.6 Å². The number of ether oxygens (including phenoxy) is 2. The first-order valence-electron chi connectivity index (χ1n) is 10.2. The van der Waals surface area contributed by atoms with Gasteiger partial charge in [0.25, 0.3) is 11.8 Å². The molecule has 0 radical (unpaired) electrons. The zero-order chi connectivity index (χ0) is 21.7. The molecule has 1 aliphatic carbocycles. The number of carbonyl (C=O) groups is 2. The van der Waals surface area contributed by atoms with E-state index in [1.54, 1.807) is 31.2 Å². The summed E-state index contributed by atoms with van der Waals surface area (Å²) < 4.78 is 11.3. The molecule has 0 unspecified atom stereocenters. The number of amides is 2. The lowest BCUT2D eigenvalue weighted by molar-refractivity contribution is -0.143. The number of nitriles is 1. The van der Waals surface area contributed by atoms with Crippen molar-refractivity contribution in [3.63, 3.8) is 0 Å². The van der Waals surface area contributed by atoms with E-state index >= 15 is 0 Å². The maximum absolute atomic E-state index is 13.2. The Hall–Kier alpha value is -3.33. The van der Waals surface area contributed by atoms with Gasteiger partial charge in [-0.15, -0.1) is 0 Å². The van der Waals surface area contributed by atoms with E-state index in [1.165, 1.54) is 4.90 Å². The second kappa shape index (κ2) is 9.45. The molecule has 1 saturated carbocycles. The molecule has 0 bridgehead atoms. The summed E-state index contributed by atoms with van der Waals surface area (Å²) in [6.07, 6.45) is 6.89. The van der Waals surface area contributed by atoms with E-state index in [1.807, 2.05) is 19.1 Å². The Labute approximate surface area is 177 Å². The lowest BCUT2D eigenvalue weighted by atomic mass is 9.92. The molecule has 0 spiro atoms. The van der Waals surface area contributed by atoms with E-state index in [0.717, 1.165) is 31.2 Å². The largest absolute Gasteiger partial charge is 0.490 e. The zero-order valence-corrected chi connectivity index (χ0v) is 17.4. The summed E-state index contributed by atoms with van der Waals surface area (Å²) in [5, 5.41) is 9.56. The van der Waals surface area contributed by atoms with Gasteiger partial charge in [0, 0.05) is 11.6 Å². The van der Waals surface area contributed by atoms with Gasteiger partial charge in [0.1, 0.15) is 18.2 Å². The van der Waals surface area contributed by atoms with Crippen LogP contribution in [0.2, 0.25) is 0 Å². The molecule has 1 heterocycles. The molecular formula is C24H26N2O4. The topological polar surface area (TPSA) is 79.6 Å². The number of carbonyl (C=O) groups excluding carboxylic acids is 2. The van der Waals surface area contributed by atoms with Crippen LogP contribution < -0.4 is 9.47 Å². The fourth-order valence-corrected chi connectivity index (χ4v) is 3.91. The Kier molecular flexibility index (Phi) is 6.73. The van der Waals surface area contributed by atoms with Crippen LogP contribution >= 0.6 is 0 Å². The maximum atomic E-state index is 13.2. The van der Waals surface area contributed by atoms with Crippen molar-refractivity contribution in [2.24, 2.45) is 0 Å². The van der Waals surface area contributed by atoms with Crippen molar-refractivity contribution in [2.45, 2.75) is 45.6 Å². The molecule has 0 saturated heterocycles. The second-order valence-corrected chi connectivity index (χ2v) is 7.33. The van der Waals surface area contributed by atoms with Crippen molar-refractivity contribution in [3.05, 3.63) is 53.1 Å². The van der Waals surface area contributed by atoms with Crippen molar-refractivity contribution in [2.75, 3.05) is 13.2 Å². The quantitative estimate of drug-likeness (QED) is 0.385. The number of benzene rings is 1. The molecule has 1 aromatic rings. The minimum atomic E-state index is -0.479. The van der Waals surface area contributed by atoms with Crippen LogP contribution in [-0.4, -0.2) is 36.0 Å². The van der Waals surface area contributed by atoms with Crippen molar-refractivity contribution in [1.29, 1.82) is 5.26 Å². The van der Waals surface area contributed by atoms with E-state index in [0.29, 0.717) is 35.9 Å². The highest BCUT2D eigenvalue weighted by atomic mass is 16.5. The van der Waals surface area contributed by atoms with Crippen molar-refractivity contribution in [3.8, 4) is 17.6 Å². The zero-order valence-electron chi connectivity index (χ0n) is 17.4. The summed E-state index contributed by atoms with van der Waals surface area (Å²) in [7, 11) is 0. The SMILES string of the molecule is C=CCOc1ccc(/C=C2/C(=O)N(C3CCCC3)C(=O)C(C#N)=C2C)cc1OCC. The molecule has 1 aromatic carbocycles. The first kappa shape index (κ1) is 21.4. The van der Waals surface area contributed by atoms with Crippen LogP contribution in [0.3, 0.4) is 0 Å². The van der Waals surface area contributed by atoms with E-state index in [4.69, 9.17) is 9.47 Å².